The monoisotopic (exact) mass is 310 g/mol. The Balaban J connectivity index is 2.11. The van der Waals surface area contributed by atoms with Crippen LogP contribution in [0.4, 0.5) is 0 Å². The maximum atomic E-state index is 6.37. The predicted molar refractivity (Wildman–Crippen MR) is 83.3 cm³/mol. The van der Waals surface area contributed by atoms with E-state index in [9.17, 15) is 0 Å². The smallest absolute Gasteiger partial charge is 0.195 e. The summed E-state index contributed by atoms with van der Waals surface area (Å²) in [5, 5.41) is 13.0. The van der Waals surface area contributed by atoms with Crippen LogP contribution in [0.15, 0.2) is 34.6 Å². The molecule has 6 heteroatoms. The Morgan fingerprint density at radius 1 is 1.45 bits per heavy atom. The van der Waals surface area contributed by atoms with E-state index in [0.29, 0.717) is 6.04 Å². The molecule has 0 amide bonds. The number of halogens is 1. The molecule has 0 saturated heterocycles. The highest BCUT2D eigenvalue weighted by atomic mass is 35.5. The summed E-state index contributed by atoms with van der Waals surface area (Å²) in [4.78, 5) is 0.995. The van der Waals surface area contributed by atoms with Gasteiger partial charge < -0.3 is 9.88 Å². The number of rotatable bonds is 6. The number of benzene rings is 1. The fourth-order valence-electron chi connectivity index (χ4n) is 1.81. The summed E-state index contributed by atoms with van der Waals surface area (Å²) in [5.74, 6) is 0. The Labute approximate surface area is 128 Å². The minimum atomic E-state index is 0.307. The van der Waals surface area contributed by atoms with Gasteiger partial charge in [0, 0.05) is 18.0 Å². The third-order valence-electron chi connectivity index (χ3n) is 3.03. The Morgan fingerprint density at radius 3 is 2.85 bits per heavy atom. The molecule has 0 aliphatic carbocycles. The highest BCUT2D eigenvalue weighted by Gasteiger charge is 2.10. The molecule has 0 spiro atoms. The van der Waals surface area contributed by atoms with Crippen molar-refractivity contribution in [1.29, 1.82) is 0 Å². The number of aryl methyl sites for hydroxylation is 1. The third-order valence-corrected chi connectivity index (χ3v) is 4.58. The van der Waals surface area contributed by atoms with Gasteiger partial charge in [-0.25, -0.2) is 0 Å². The van der Waals surface area contributed by atoms with Gasteiger partial charge >= 0.3 is 0 Å². The molecule has 0 radical (unpaired) electrons. The first-order valence-corrected chi connectivity index (χ1v) is 7.86. The molecule has 1 aromatic carbocycles. The molecule has 4 nitrogen and oxygen atoms in total. The zero-order valence-corrected chi connectivity index (χ0v) is 13.5. The van der Waals surface area contributed by atoms with Crippen molar-refractivity contribution in [2.24, 2.45) is 7.05 Å². The molecule has 0 fully saturated rings. The van der Waals surface area contributed by atoms with Crippen molar-refractivity contribution in [2.75, 3.05) is 6.54 Å². The second-order valence-corrected chi connectivity index (χ2v) is 6.11. The van der Waals surface area contributed by atoms with Crippen molar-refractivity contribution in [1.82, 2.24) is 20.1 Å². The Bertz CT molecular complexity index is 570. The quantitative estimate of drug-likeness (QED) is 0.884. The zero-order chi connectivity index (χ0) is 14.5. The molecular formula is C14H19ClN4S. The van der Waals surface area contributed by atoms with Gasteiger partial charge in [-0.15, -0.1) is 10.2 Å². The van der Waals surface area contributed by atoms with Crippen LogP contribution in [-0.4, -0.2) is 21.3 Å². The molecular weight excluding hydrogens is 292 g/mol. The van der Waals surface area contributed by atoms with Gasteiger partial charge in [-0.3, -0.25) is 0 Å². The molecule has 0 aliphatic heterocycles. The fourth-order valence-corrected chi connectivity index (χ4v) is 2.88. The maximum absolute atomic E-state index is 6.37. The first-order valence-electron chi connectivity index (χ1n) is 6.66. The first kappa shape index (κ1) is 15.4. The molecule has 1 heterocycles. The fraction of sp³-hybridized carbons (Fsp3) is 0.429. The van der Waals surface area contributed by atoms with Gasteiger partial charge in [0.15, 0.2) is 5.16 Å². The van der Waals surface area contributed by atoms with E-state index in [1.54, 1.807) is 6.33 Å². The number of nitrogens with zero attached hydrogens (tertiary/aromatic N) is 3. The van der Waals surface area contributed by atoms with E-state index in [2.05, 4.69) is 35.4 Å². The summed E-state index contributed by atoms with van der Waals surface area (Å²) in [5.41, 5.74) is 1.20. The van der Waals surface area contributed by atoms with Crippen LogP contribution < -0.4 is 5.32 Å². The Hall–Kier alpha value is -1.04. The van der Waals surface area contributed by atoms with E-state index < -0.39 is 0 Å². The van der Waals surface area contributed by atoms with Crippen molar-refractivity contribution in [3.8, 4) is 0 Å². The first-order chi connectivity index (χ1) is 9.61. The van der Waals surface area contributed by atoms with Gasteiger partial charge in [-0.05, 0) is 49.3 Å². The molecule has 2 rings (SSSR count). The van der Waals surface area contributed by atoms with E-state index >= 15 is 0 Å². The van der Waals surface area contributed by atoms with Crippen molar-refractivity contribution >= 4 is 23.4 Å². The molecule has 108 valence electrons. The molecule has 20 heavy (non-hydrogen) atoms. The van der Waals surface area contributed by atoms with Gasteiger partial charge in [0.25, 0.3) is 0 Å². The minimum absolute atomic E-state index is 0.307. The summed E-state index contributed by atoms with van der Waals surface area (Å²) in [7, 11) is 1.92. The van der Waals surface area contributed by atoms with Crippen LogP contribution in [0.25, 0.3) is 0 Å². The lowest BCUT2D eigenvalue weighted by Crippen LogP contribution is -2.19. The minimum Gasteiger partial charge on any atom is -0.311 e. The van der Waals surface area contributed by atoms with Crippen LogP contribution in [-0.2, 0) is 7.05 Å². The van der Waals surface area contributed by atoms with Crippen LogP contribution in [0.1, 0.15) is 31.9 Å². The topological polar surface area (TPSA) is 42.7 Å². The summed E-state index contributed by atoms with van der Waals surface area (Å²) in [6.45, 7) is 5.32. The van der Waals surface area contributed by atoms with E-state index in [1.165, 1.54) is 17.3 Å². The zero-order valence-electron chi connectivity index (χ0n) is 11.9. The average Bonchev–Trinajstić information content (AvgIpc) is 2.84. The number of hydrogen-bond acceptors (Lipinski definition) is 4. The van der Waals surface area contributed by atoms with Gasteiger partial charge in [0.05, 0.1) is 5.02 Å². The summed E-state index contributed by atoms with van der Waals surface area (Å²) >= 11 is 7.89. The summed E-state index contributed by atoms with van der Waals surface area (Å²) < 4.78 is 1.88. The Morgan fingerprint density at radius 2 is 2.25 bits per heavy atom. The lowest BCUT2D eigenvalue weighted by molar-refractivity contribution is 0.570. The molecule has 2 aromatic rings. The highest BCUT2D eigenvalue weighted by molar-refractivity contribution is 7.99. The van der Waals surface area contributed by atoms with Gasteiger partial charge in [-0.1, -0.05) is 24.6 Å². The maximum Gasteiger partial charge on any atom is 0.195 e. The third kappa shape index (κ3) is 3.75. The van der Waals surface area contributed by atoms with Crippen molar-refractivity contribution in [3.63, 3.8) is 0 Å². The predicted octanol–water partition coefficient (Wildman–Crippen LogP) is 3.68. The summed E-state index contributed by atoms with van der Waals surface area (Å²) in [6, 6.07) is 6.48. The molecule has 0 bridgehead atoms. The van der Waals surface area contributed by atoms with Gasteiger partial charge in [0.1, 0.15) is 6.33 Å². The van der Waals surface area contributed by atoms with Crippen molar-refractivity contribution < 1.29 is 0 Å². The van der Waals surface area contributed by atoms with E-state index in [-0.39, 0.29) is 0 Å². The lowest BCUT2D eigenvalue weighted by atomic mass is 10.1. The molecule has 0 aliphatic rings. The molecule has 1 aromatic heterocycles. The van der Waals surface area contributed by atoms with E-state index in [4.69, 9.17) is 11.6 Å². The van der Waals surface area contributed by atoms with Crippen LogP contribution in [0.2, 0.25) is 5.02 Å². The van der Waals surface area contributed by atoms with Crippen LogP contribution >= 0.6 is 23.4 Å². The second kappa shape index (κ2) is 7.11. The standard InChI is InChI=1S/C14H19ClN4S/c1-4-7-16-10(2)11-5-6-13(12(15)8-11)20-14-18-17-9-19(14)3/h5-6,8-10,16H,4,7H2,1-3H3. The Kier molecular flexibility index (Phi) is 5.46. The number of aromatic nitrogens is 3. The van der Waals surface area contributed by atoms with E-state index in [1.807, 2.05) is 23.7 Å². The van der Waals surface area contributed by atoms with E-state index in [0.717, 1.165) is 28.0 Å². The second-order valence-electron chi connectivity index (χ2n) is 4.69. The lowest BCUT2D eigenvalue weighted by Gasteiger charge is -2.15. The molecule has 1 unspecified atom stereocenters. The average molecular weight is 311 g/mol. The number of nitrogens with one attached hydrogen (secondary N) is 1. The van der Waals surface area contributed by atoms with Crippen molar-refractivity contribution in [3.05, 3.63) is 35.1 Å². The highest BCUT2D eigenvalue weighted by Crippen LogP contribution is 2.33. The SMILES string of the molecule is CCCNC(C)c1ccc(Sc2nncn2C)c(Cl)c1. The normalized spacial score (nSPS) is 12.6. The van der Waals surface area contributed by atoms with Crippen LogP contribution in [0.5, 0.6) is 0 Å². The van der Waals surface area contributed by atoms with Crippen LogP contribution in [0, 0.1) is 0 Å². The van der Waals surface area contributed by atoms with Crippen LogP contribution in [0.3, 0.4) is 0 Å². The number of hydrogen-bond donors (Lipinski definition) is 1. The molecule has 0 saturated carbocycles. The summed E-state index contributed by atoms with van der Waals surface area (Å²) in [6.07, 6.45) is 2.81. The van der Waals surface area contributed by atoms with Gasteiger partial charge in [0.2, 0.25) is 0 Å². The molecule has 1 atom stereocenters. The molecule has 1 N–H and O–H groups in total. The largest absolute Gasteiger partial charge is 0.311 e. The van der Waals surface area contributed by atoms with Crippen molar-refractivity contribution in [2.45, 2.75) is 36.4 Å². The van der Waals surface area contributed by atoms with Gasteiger partial charge in [-0.2, -0.15) is 0 Å².